The number of sulfonamides is 1. The summed E-state index contributed by atoms with van der Waals surface area (Å²) in [5.74, 6) is 0.378. The molecule has 8 heteroatoms. The van der Waals surface area contributed by atoms with Crippen LogP contribution in [0.4, 0.5) is 0 Å². The van der Waals surface area contributed by atoms with Crippen molar-refractivity contribution >= 4 is 15.9 Å². The van der Waals surface area contributed by atoms with Gasteiger partial charge >= 0.3 is 0 Å². The molecular weight excluding hydrogens is 330 g/mol. The van der Waals surface area contributed by atoms with Crippen molar-refractivity contribution in [3.63, 3.8) is 0 Å². The summed E-state index contributed by atoms with van der Waals surface area (Å²) >= 11 is 0. The highest BCUT2D eigenvalue weighted by atomic mass is 32.2. The molecule has 0 fully saturated rings. The lowest BCUT2D eigenvalue weighted by molar-refractivity contribution is -0.119. The summed E-state index contributed by atoms with van der Waals surface area (Å²) in [6.45, 7) is 0.0968. The predicted molar refractivity (Wildman–Crippen MR) is 89.1 cm³/mol. The molecule has 128 valence electrons. The van der Waals surface area contributed by atoms with Crippen molar-refractivity contribution in [3.8, 4) is 5.75 Å². The molecule has 1 amide bonds. The number of rotatable bonds is 8. The van der Waals surface area contributed by atoms with Gasteiger partial charge in [-0.05, 0) is 36.2 Å². The third-order valence-electron chi connectivity index (χ3n) is 3.26. The van der Waals surface area contributed by atoms with E-state index in [1.165, 1.54) is 24.5 Å². The van der Waals surface area contributed by atoms with Crippen LogP contribution in [0.25, 0.3) is 0 Å². The maximum atomic E-state index is 11.9. The molecule has 24 heavy (non-hydrogen) atoms. The fraction of sp³-hybridized carbons (Fsp3) is 0.250. The number of hydrogen-bond donors (Lipinski definition) is 2. The summed E-state index contributed by atoms with van der Waals surface area (Å²) in [7, 11) is -2.13. The van der Waals surface area contributed by atoms with Crippen molar-refractivity contribution in [1.82, 2.24) is 15.0 Å². The summed E-state index contributed by atoms with van der Waals surface area (Å²) in [4.78, 5) is 15.5. The van der Waals surface area contributed by atoms with Crippen LogP contribution in [0.3, 0.4) is 0 Å². The highest BCUT2D eigenvalue weighted by Crippen LogP contribution is 2.11. The van der Waals surface area contributed by atoms with Crippen molar-refractivity contribution in [3.05, 3.63) is 54.4 Å². The van der Waals surface area contributed by atoms with Gasteiger partial charge in [-0.25, -0.2) is 13.1 Å². The molecule has 0 aliphatic heterocycles. The molecule has 0 spiro atoms. The summed E-state index contributed by atoms with van der Waals surface area (Å²) < 4.78 is 31.2. The molecule has 1 aromatic carbocycles. The maximum absolute atomic E-state index is 11.9. The zero-order valence-corrected chi connectivity index (χ0v) is 14.0. The number of ether oxygens (including phenoxy) is 1. The van der Waals surface area contributed by atoms with E-state index in [2.05, 4.69) is 15.0 Å². The Bertz CT molecular complexity index is 762. The Morgan fingerprint density at radius 3 is 2.58 bits per heavy atom. The highest BCUT2D eigenvalue weighted by molar-refractivity contribution is 7.89. The number of carbonyl (C=O) groups is 1. The number of benzene rings is 1. The van der Waals surface area contributed by atoms with Crippen molar-refractivity contribution in [2.24, 2.45) is 0 Å². The van der Waals surface area contributed by atoms with E-state index in [4.69, 9.17) is 4.74 Å². The van der Waals surface area contributed by atoms with Gasteiger partial charge in [0.2, 0.25) is 15.9 Å². The third kappa shape index (κ3) is 5.32. The molecule has 1 heterocycles. The monoisotopic (exact) mass is 349 g/mol. The van der Waals surface area contributed by atoms with Crippen molar-refractivity contribution < 1.29 is 17.9 Å². The van der Waals surface area contributed by atoms with Gasteiger partial charge in [-0.15, -0.1) is 0 Å². The first kappa shape index (κ1) is 17.9. The van der Waals surface area contributed by atoms with Gasteiger partial charge in [0.15, 0.2) is 0 Å². The lowest BCUT2D eigenvalue weighted by Gasteiger charge is -2.08. The van der Waals surface area contributed by atoms with Gasteiger partial charge in [0, 0.05) is 18.9 Å². The average molecular weight is 349 g/mol. The van der Waals surface area contributed by atoms with Crippen LogP contribution in [0.2, 0.25) is 0 Å². The first-order valence-electron chi connectivity index (χ1n) is 7.30. The second-order valence-electron chi connectivity index (χ2n) is 4.96. The SMILES string of the molecule is COc1ccc(CCNC(=O)CNS(=O)(=O)c2cccnc2)cc1. The van der Waals surface area contributed by atoms with Crippen LogP contribution < -0.4 is 14.8 Å². The minimum absolute atomic E-state index is 0.0241. The van der Waals surface area contributed by atoms with Crippen molar-refractivity contribution in [1.29, 1.82) is 0 Å². The van der Waals surface area contributed by atoms with E-state index < -0.39 is 15.9 Å². The first-order chi connectivity index (χ1) is 11.5. The van der Waals surface area contributed by atoms with Gasteiger partial charge < -0.3 is 10.1 Å². The van der Waals surface area contributed by atoms with E-state index in [0.29, 0.717) is 13.0 Å². The number of hydrogen-bond acceptors (Lipinski definition) is 5. The van der Waals surface area contributed by atoms with E-state index in [9.17, 15) is 13.2 Å². The molecule has 0 radical (unpaired) electrons. The van der Waals surface area contributed by atoms with E-state index in [-0.39, 0.29) is 11.4 Å². The predicted octanol–water partition coefficient (Wildman–Crippen LogP) is 0.727. The molecule has 0 saturated heterocycles. The Morgan fingerprint density at radius 2 is 1.96 bits per heavy atom. The second kappa shape index (κ2) is 8.42. The molecule has 2 aromatic rings. The molecule has 1 aromatic heterocycles. The van der Waals surface area contributed by atoms with Gasteiger partial charge in [0.05, 0.1) is 13.7 Å². The fourth-order valence-electron chi connectivity index (χ4n) is 1.95. The van der Waals surface area contributed by atoms with Gasteiger partial charge in [-0.2, -0.15) is 0 Å². The minimum Gasteiger partial charge on any atom is -0.497 e. The number of methoxy groups -OCH3 is 1. The van der Waals surface area contributed by atoms with E-state index in [1.807, 2.05) is 24.3 Å². The Morgan fingerprint density at radius 1 is 1.21 bits per heavy atom. The van der Waals surface area contributed by atoms with Crippen LogP contribution in [0.5, 0.6) is 5.75 Å². The van der Waals surface area contributed by atoms with Crippen LogP contribution in [-0.4, -0.2) is 39.5 Å². The topological polar surface area (TPSA) is 97.4 Å². The standard InChI is InChI=1S/C16H19N3O4S/c1-23-14-6-4-13(5-7-14)8-10-18-16(20)12-19-24(21,22)15-3-2-9-17-11-15/h2-7,9,11,19H,8,10,12H2,1H3,(H,18,20). The number of nitrogens with one attached hydrogen (secondary N) is 2. The zero-order chi connectivity index (χ0) is 17.4. The van der Waals surface area contributed by atoms with Crippen LogP contribution in [0, 0.1) is 0 Å². The lowest BCUT2D eigenvalue weighted by Crippen LogP contribution is -2.37. The molecule has 7 nitrogen and oxygen atoms in total. The summed E-state index contributed by atoms with van der Waals surface area (Å²) in [6, 6.07) is 10.4. The molecule has 0 atom stereocenters. The molecule has 2 rings (SSSR count). The third-order valence-corrected chi connectivity index (χ3v) is 4.65. The molecule has 0 bridgehead atoms. The molecular formula is C16H19N3O4S. The summed E-state index contributed by atoms with van der Waals surface area (Å²) in [5, 5.41) is 2.67. The second-order valence-corrected chi connectivity index (χ2v) is 6.73. The van der Waals surface area contributed by atoms with Crippen molar-refractivity contribution in [2.45, 2.75) is 11.3 Å². The van der Waals surface area contributed by atoms with Crippen LogP contribution >= 0.6 is 0 Å². The maximum Gasteiger partial charge on any atom is 0.242 e. The number of nitrogens with zero attached hydrogens (tertiary/aromatic N) is 1. The molecule has 0 aliphatic rings. The Hall–Kier alpha value is -2.45. The number of aromatic nitrogens is 1. The molecule has 0 aliphatic carbocycles. The summed E-state index contributed by atoms with van der Waals surface area (Å²) in [5.41, 5.74) is 1.05. The van der Waals surface area contributed by atoms with Gasteiger partial charge in [0.25, 0.3) is 0 Å². The highest BCUT2D eigenvalue weighted by Gasteiger charge is 2.15. The van der Waals surface area contributed by atoms with Crippen LogP contribution in [0.1, 0.15) is 5.56 Å². The van der Waals surface area contributed by atoms with Crippen LogP contribution in [0.15, 0.2) is 53.7 Å². The number of pyridine rings is 1. The minimum atomic E-state index is -3.73. The Labute approximate surface area is 141 Å². The zero-order valence-electron chi connectivity index (χ0n) is 13.2. The fourth-order valence-corrected chi connectivity index (χ4v) is 2.90. The number of carbonyl (C=O) groups excluding carboxylic acids is 1. The quantitative estimate of drug-likeness (QED) is 0.732. The first-order valence-corrected chi connectivity index (χ1v) is 8.79. The largest absolute Gasteiger partial charge is 0.497 e. The number of amides is 1. The van der Waals surface area contributed by atoms with E-state index in [1.54, 1.807) is 7.11 Å². The van der Waals surface area contributed by atoms with Gasteiger partial charge in [-0.1, -0.05) is 12.1 Å². The molecule has 2 N–H and O–H groups in total. The van der Waals surface area contributed by atoms with Crippen molar-refractivity contribution in [2.75, 3.05) is 20.2 Å². The summed E-state index contributed by atoms with van der Waals surface area (Å²) in [6.07, 6.45) is 3.35. The van der Waals surface area contributed by atoms with E-state index in [0.717, 1.165) is 11.3 Å². The average Bonchev–Trinajstić information content (AvgIpc) is 2.61. The van der Waals surface area contributed by atoms with Gasteiger partial charge in [-0.3, -0.25) is 9.78 Å². The van der Waals surface area contributed by atoms with Gasteiger partial charge in [0.1, 0.15) is 10.6 Å². The van der Waals surface area contributed by atoms with E-state index >= 15 is 0 Å². The molecule has 0 saturated carbocycles. The normalized spacial score (nSPS) is 11.0. The Balaban J connectivity index is 1.75. The lowest BCUT2D eigenvalue weighted by atomic mass is 10.1. The smallest absolute Gasteiger partial charge is 0.242 e. The Kier molecular flexibility index (Phi) is 6.28. The van der Waals surface area contributed by atoms with Crippen LogP contribution in [-0.2, 0) is 21.2 Å². The molecule has 0 unspecified atom stereocenters.